The number of urea groups is 1. The predicted molar refractivity (Wildman–Crippen MR) is 96.3 cm³/mol. The summed E-state index contributed by atoms with van der Waals surface area (Å²) in [6, 6.07) is -2.32. The Morgan fingerprint density at radius 3 is 2.55 bits per heavy atom. The second-order valence-corrected chi connectivity index (χ2v) is 8.79. The third kappa shape index (κ3) is 6.69. The van der Waals surface area contributed by atoms with Gasteiger partial charge in [-0.15, -0.1) is 4.28 Å². The SMILES string of the molecule is C[C@@H](CNC(=O)OC(C)(C)C)ONC(=O)[C@@H]1CC[C@@H]2CN1C(=O)N2OS(=O)(=O)O. The Bertz CT molecular complexity index is 751. The number of carbonyl (C=O) groups excluding carboxylic acids is 3. The average Bonchev–Trinajstić information content (AvgIpc) is 2.80. The number of nitrogens with one attached hydrogen (secondary N) is 2. The number of amides is 4. The van der Waals surface area contributed by atoms with Crippen LogP contribution in [0.1, 0.15) is 40.5 Å². The maximum absolute atomic E-state index is 12.4. The molecule has 2 rings (SSSR count). The first-order valence-electron chi connectivity index (χ1n) is 8.96. The van der Waals surface area contributed by atoms with E-state index in [4.69, 9.17) is 14.1 Å². The second-order valence-electron chi connectivity index (χ2n) is 7.79. The van der Waals surface area contributed by atoms with Gasteiger partial charge in [-0.05, 0) is 40.5 Å². The predicted octanol–water partition coefficient (Wildman–Crippen LogP) is -0.0496. The largest absolute Gasteiger partial charge is 0.444 e. The van der Waals surface area contributed by atoms with Crippen molar-refractivity contribution in [3.05, 3.63) is 0 Å². The highest BCUT2D eigenvalue weighted by atomic mass is 32.3. The number of nitrogens with zero attached hydrogens (tertiary/aromatic N) is 2. The Kier molecular flexibility index (Phi) is 6.93. The summed E-state index contributed by atoms with van der Waals surface area (Å²) in [6.07, 6.45) is -0.664. The summed E-state index contributed by atoms with van der Waals surface area (Å²) in [4.78, 5) is 42.6. The number of carbonyl (C=O) groups is 3. The van der Waals surface area contributed by atoms with Gasteiger partial charge in [0, 0.05) is 13.1 Å². The third-order valence-electron chi connectivity index (χ3n) is 4.09. The Morgan fingerprint density at radius 1 is 1.31 bits per heavy atom. The molecule has 2 aliphatic heterocycles. The lowest BCUT2D eigenvalue weighted by atomic mass is 10.0. The molecule has 3 atom stereocenters. The quantitative estimate of drug-likeness (QED) is 0.365. The van der Waals surface area contributed by atoms with Gasteiger partial charge in [0.05, 0.1) is 6.04 Å². The van der Waals surface area contributed by atoms with Gasteiger partial charge in [0.1, 0.15) is 17.7 Å². The van der Waals surface area contributed by atoms with Gasteiger partial charge in [0.15, 0.2) is 0 Å². The van der Waals surface area contributed by atoms with Gasteiger partial charge in [-0.25, -0.2) is 15.1 Å². The van der Waals surface area contributed by atoms with Crippen LogP contribution in [0.25, 0.3) is 0 Å². The first kappa shape index (κ1) is 23.1. The molecule has 14 heteroatoms. The fourth-order valence-electron chi connectivity index (χ4n) is 2.91. The van der Waals surface area contributed by atoms with E-state index >= 15 is 0 Å². The molecule has 0 aromatic heterocycles. The highest BCUT2D eigenvalue weighted by molar-refractivity contribution is 7.80. The number of alkyl carbamates (subject to hydrolysis) is 1. The molecule has 2 heterocycles. The van der Waals surface area contributed by atoms with Crippen LogP contribution in [0.2, 0.25) is 0 Å². The van der Waals surface area contributed by atoms with Crippen molar-refractivity contribution in [2.75, 3.05) is 13.1 Å². The van der Waals surface area contributed by atoms with Crippen LogP contribution in [-0.2, 0) is 29.1 Å². The van der Waals surface area contributed by atoms with Crippen LogP contribution in [-0.4, -0.2) is 77.8 Å². The lowest BCUT2D eigenvalue weighted by Gasteiger charge is -2.29. The first-order chi connectivity index (χ1) is 13.3. The number of hydroxylamine groups is 3. The van der Waals surface area contributed by atoms with E-state index in [0.29, 0.717) is 11.5 Å². The molecule has 0 spiro atoms. The van der Waals surface area contributed by atoms with Gasteiger partial charge in [-0.1, -0.05) is 0 Å². The molecule has 4 amide bonds. The molecule has 13 nitrogen and oxygen atoms in total. The molecular weight excluding hydrogens is 412 g/mol. The number of fused-ring (bicyclic) bond motifs is 2. The van der Waals surface area contributed by atoms with Crippen LogP contribution in [0.15, 0.2) is 0 Å². The molecule has 29 heavy (non-hydrogen) atoms. The maximum Gasteiger partial charge on any atom is 0.418 e. The van der Waals surface area contributed by atoms with Crippen molar-refractivity contribution in [1.82, 2.24) is 20.8 Å². The highest BCUT2D eigenvalue weighted by Gasteiger charge is 2.49. The standard InChI is InChI=1S/C15H26N4O9S/c1-9(7-16-13(21)26-15(2,3)4)27-17-12(20)11-6-5-10-8-18(11)14(22)19(10)28-29(23,24)25/h9-11H,5-8H2,1-4H3,(H,16,21)(H,17,20)(H,23,24,25)/t9-,10+,11-/m0/s1. The van der Waals surface area contributed by atoms with Gasteiger partial charge in [0.2, 0.25) is 0 Å². The minimum absolute atomic E-state index is 0.0700. The van der Waals surface area contributed by atoms with Gasteiger partial charge in [-0.3, -0.25) is 14.2 Å². The molecule has 2 fully saturated rings. The van der Waals surface area contributed by atoms with Gasteiger partial charge < -0.3 is 15.0 Å². The summed E-state index contributed by atoms with van der Waals surface area (Å²) in [5, 5.41) is 3.05. The van der Waals surface area contributed by atoms with E-state index in [0.717, 1.165) is 4.90 Å². The van der Waals surface area contributed by atoms with Crippen LogP contribution in [0.4, 0.5) is 9.59 Å². The molecule has 2 saturated heterocycles. The Labute approximate surface area is 168 Å². The van der Waals surface area contributed by atoms with E-state index in [2.05, 4.69) is 15.1 Å². The smallest absolute Gasteiger partial charge is 0.418 e. The normalized spacial score (nSPS) is 23.0. The monoisotopic (exact) mass is 438 g/mol. The second kappa shape index (κ2) is 8.69. The number of hydrogen-bond acceptors (Lipinski definition) is 8. The van der Waals surface area contributed by atoms with Crippen molar-refractivity contribution < 1.29 is 41.2 Å². The van der Waals surface area contributed by atoms with E-state index in [1.165, 1.54) is 0 Å². The van der Waals surface area contributed by atoms with Crippen LogP contribution >= 0.6 is 0 Å². The van der Waals surface area contributed by atoms with E-state index in [9.17, 15) is 22.8 Å². The third-order valence-corrected chi connectivity index (χ3v) is 4.44. The molecular formula is C15H26N4O9S. The van der Waals surface area contributed by atoms with Crippen molar-refractivity contribution >= 4 is 28.4 Å². The van der Waals surface area contributed by atoms with E-state index in [1.54, 1.807) is 27.7 Å². The van der Waals surface area contributed by atoms with Crippen molar-refractivity contribution in [2.45, 2.75) is 64.3 Å². The number of ether oxygens (including phenoxy) is 1. The van der Waals surface area contributed by atoms with Crippen LogP contribution < -0.4 is 10.8 Å². The van der Waals surface area contributed by atoms with Crippen LogP contribution in [0.5, 0.6) is 0 Å². The topological polar surface area (TPSA) is 164 Å². The molecule has 2 aliphatic rings. The summed E-state index contributed by atoms with van der Waals surface area (Å²) in [6.45, 7) is 6.93. The lowest BCUT2D eigenvalue weighted by Crippen LogP contribution is -2.50. The van der Waals surface area contributed by atoms with E-state index < -0.39 is 52.2 Å². The van der Waals surface area contributed by atoms with Crippen LogP contribution in [0, 0.1) is 0 Å². The Hall–Kier alpha value is -2.16. The molecule has 0 unspecified atom stereocenters. The Balaban J connectivity index is 1.81. The van der Waals surface area contributed by atoms with Crippen molar-refractivity contribution in [3.63, 3.8) is 0 Å². The van der Waals surface area contributed by atoms with Crippen molar-refractivity contribution in [3.8, 4) is 0 Å². The number of hydrogen-bond donors (Lipinski definition) is 3. The summed E-state index contributed by atoms with van der Waals surface area (Å²) in [5.41, 5.74) is 1.60. The first-order valence-corrected chi connectivity index (χ1v) is 10.3. The fourth-order valence-corrected chi connectivity index (χ4v) is 3.30. The zero-order valence-electron chi connectivity index (χ0n) is 16.6. The zero-order valence-corrected chi connectivity index (χ0v) is 17.4. The van der Waals surface area contributed by atoms with Gasteiger partial charge in [0.25, 0.3) is 5.91 Å². The molecule has 0 aliphatic carbocycles. The fraction of sp³-hybridized carbons (Fsp3) is 0.800. The van der Waals surface area contributed by atoms with E-state index in [1.807, 2.05) is 0 Å². The molecule has 3 N–H and O–H groups in total. The average molecular weight is 438 g/mol. The van der Waals surface area contributed by atoms with Gasteiger partial charge in [-0.2, -0.15) is 13.5 Å². The van der Waals surface area contributed by atoms with Crippen molar-refractivity contribution in [2.24, 2.45) is 0 Å². The molecule has 0 radical (unpaired) electrons. The zero-order chi connectivity index (χ0) is 22.0. The van der Waals surface area contributed by atoms with Crippen molar-refractivity contribution in [1.29, 1.82) is 0 Å². The molecule has 0 aromatic carbocycles. The molecule has 2 bridgehead atoms. The van der Waals surface area contributed by atoms with Gasteiger partial charge >= 0.3 is 22.5 Å². The summed E-state index contributed by atoms with van der Waals surface area (Å²) in [7, 11) is -4.85. The summed E-state index contributed by atoms with van der Waals surface area (Å²) < 4.78 is 39.9. The summed E-state index contributed by atoms with van der Waals surface area (Å²) in [5.74, 6) is -0.602. The minimum atomic E-state index is -4.85. The Morgan fingerprint density at radius 2 is 1.97 bits per heavy atom. The molecule has 166 valence electrons. The number of piperidine rings is 1. The summed E-state index contributed by atoms with van der Waals surface area (Å²) >= 11 is 0. The van der Waals surface area contributed by atoms with Crippen LogP contribution in [0.3, 0.4) is 0 Å². The minimum Gasteiger partial charge on any atom is -0.444 e. The highest BCUT2D eigenvalue weighted by Crippen LogP contribution is 2.30. The molecule has 0 aromatic rings. The number of rotatable bonds is 7. The lowest BCUT2D eigenvalue weighted by molar-refractivity contribution is -0.142. The van der Waals surface area contributed by atoms with E-state index in [-0.39, 0.29) is 19.5 Å². The maximum atomic E-state index is 12.4. The molecule has 0 saturated carbocycles.